The molecule has 3 aromatic carbocycles. The van der Waals surface area contributed by atoms with Gasteiger partial charge in [0.25, 0.3) is 15.9 Å². The fraction of sp³-hybridized carbons (Fsp3) is 0.333. The number of carbonyl (C=O) groups is 2. The highest BCUT2D eigenvalue weighted by Crippen LogP contribution is 2.55. The summed E-state index contributed by atoms with van der Waals surface area (Å²) in [4.78, 5) is 29.8. The third-order valence-corrected chi connectivity index (χ3v) is 9.92. The van der Waals surface area contributed by atoms with E-state index in [1.54, 1.807) is 29.2 Å². The zero-order valence-electron chi connectivity index (χ0n) is 24.2. The number of carbonyl (C=O) groups excluding carboxylic acids is 2. The number of rotatable bonds is 9. The van der Waals surface area contributed by atoms with Gasteiger partial charge in [0.1, 0.15) is 28.2 Å². The molecule has 2 heterocycles. The zero-order valence-corrected chi connectivity index (χ0v) is 25.8. The number of para-hydroxylation sites is 1. The number of amides is 1. The van der Waals surface area contributed by atoms with Crippen LogP contribution in [0.2, 0.25) is 5.02 Å². The first-order valence-electron chi connectivity index (χ1n) is 13.2. The Hall–Kier alpha value is -3.84. The molecule has 1 amide bonds. The lowest BCUT2D eigenvalue weighted by molar-refractivity contribution is -0.149. The van der Waals surface area contributed by atoms with Crippen LogP contribution in [0.4, 0.5) is 5.69 Å². The summed E-state index contributed by atoms with van der Waals surface area (Å²) in [5, 5.41) is 0.254. The molecule has 0 aliphatic carbocycles. The van der Waals surface area contributed by atoms with Crippen LogP contribution in [0.15, 0.2) is 65.6 Å². The van der Waals surface area contributed by atoms with E-state index >= 15 is 4.79 Å². The van der Waals surface area contributed by atoms with Gasteiger partial charge in [-0.3, -0.25) is 14.5 Å². The first-order valence-corrected chi connectivity index (χ1v) is 15.0. The van der Waals surface area contributed by atoms with E-state index in [9.17, 15) is 13.2 Å². The van der Waals surface area contributed by atoms with E-state index < -0.39 is 39.6 Å². The van der Waals surface area contributed by atoms with Crippen molar-refractivity contribution in [3.8, 4) is 17.2 Å². The van der Waals surface area contributed by atoms with Gasteiger partial charge in [-0.2, -0.15) is 0 Å². The number of benzene rings is 3. The Morgan fingerprint density at radius 3 is 2.28 bits per heavy atom. The number of hydrogen-bond acceptors (Lipinski definition) is 10. The molecule has 0 saturated carbocycles. The van der Waals surface area contributed by atoms with Crippen LogP contribution in [0.5, 0.6) is 17.2 Å². The van der Waals surface area contributed by atoms with E-state index in [1.165, 1.54) is 71.9 Å². The van der Waals surface area contributed by atoms with E-state index in [1.807, 2.05) is 0 Å². The van der Waals surface area contributed by atoms with Crippen LogP contribution in [0.1, 0.15) is 17.5 Å². The van der Waals surface area contributed by atoms with Crippen molar-refractivity contribution in [3.63, 3.8) is 0 Å². The van der Waals surface area contributed by atoms with Gasteiger partial charge in [-0.1, -0.05) is 29.8 Å². The van der Waals surface area contributed by atoms with E-state index in [4.69, 9.17) is 35.3 Å². The number of esters is 1. The van der Waals surface area contributed by atoms with Gasteiger partial charge in [0.05, 0.1) is 40.2 Å². The Balaban J connectivity index is 1.86. The molecular weight excluding hydrogens is 600 g/mol. The van der Waals surface area contributed by atoms with Crippen molar-refractivity contribution in [2.24, 2.45) is 0 Å². The predicted octanol–water partition coefficient (Wildman–Crippen LogP) is 3.61. The molecule has 11 nitrogen and oxygen atoms in total. The normalized spacial score (nSPS) is 21.9. The van der Waals surface area contributed by atoms with Crippen molar-refractivity contribution in [1.82, 2.24) is 4.90 Å². The number of sulfonamides is 1. The standard InChI is InChI=1S/C30H31ClN2O9S/c1-38-19-11-13-27(26(16-19)41-4)43(36,37)33-23-12-10-18(31)14-22(23)30(29(33)35,21-8-6-7-9-25(21)40-3)32-17-20(39-2)15-24(32)28(34)42-5/h6-14,16,20,24H,15,17H2,1-5H3/t20-,24+,30+/m1/s1. The lowest BCUT2D eigenvalue weighted by Gasteiger charge is -2.41. The molecule has 2 aliphatic heterocycles. The first-order chi connectivity index (χ1) is 20.6. The number of likely N-dealkylation sites (tertiary alicyclic amines) is 1. The number of methoxy groups -OCH3 is 5. The fourth-order valence-corrected chi connectivity index (χ4v) is 7.78. The molecular formula is C30H31ClN2O9S. The number of ether oxygens (including phenoxy) is 5. The predicted molar refractivity (Wildman–Crippen MR) is 157 cm³/mol. The topological polar surface area (TPSA) is 121 Å². The average Bonchev–Trinajstić information content (AvgIpc) is 3.57. The van der Waals surface area contributed by atoms with E-state index in [-0.39, 0.29) is 39.9 Å². The minimum Gasteiger partial charge on any atom is -0.497 e. The van der Waals surface area contributed by atoms with Crippen molar-refractivity contribution >= 4 is 39.2 Å². The minimum atomic E-state index is -4.63. The smallest absolute Gasteiger partial charge is 0.323 e. The van der Waals surface area contributed by atoms with Crippen molar-refractivity contribution in [3.05, 3.63) is 76.8 Å². The van der Waals surface area contributed by atoms with Gasteiger partial charge in [0, 0.05) is 42.3 Å². The van der Waals surface area contributed by atoms with Crippen LogP contribution in [0.25, 0.3) is 0 Å². The van der Waals surface area contributed by atoms with Crippen LogP contribution >= 0.6 is 11.6 Å². The zero-order chi connectivity index (χ0) is 31.1. The maximum atomic E-state index is 15.2. The second-order valence-electron chi connectivity index (χ2n) is 9.95. The van der Waals surface area contributed by atoms with Crippen LogP contribution in [-0.2, 0) is 34.6 Å². The summed E-state index contributed by atoms with van der Waals surface area (Å²) < 4.78 is 57.0. The highest BCUT2D eigenvalue weighted by Gasteiger charge is 2.64. The van der Waals surface area contributed by atoms with Crippen LogP contribution in [-0.4, -0.2) is 79.4 Å². The highest BCUT2D eigenvalue weighted by atomic mass is 35.5. The van der Waals surface area contributed by atoms with Gasteiger partial charge in [0.15, 0.2) is 5.54 Å². The second kappa shape index (κ2) is 11.7. The molecule has 0 bridgehead atoms. The monoisotopic (exact) mass is 630 g/mol. The number of fused-ring (bicyclic) bond motifs is 1. The molecule has 0 radical (unpaired) electrons. The number of nitrogens with zero attached hydrogens (tertiary/aromatic N) is 2. The van der Waals surface area contributed by atoms with Crippen LogP contribution < -0.4 is 18.5 Å². The SMILES string of the molecule is COC(=O)[C@@H]1C[C@@H](OC)CN1[C@]1(c2ccccc2OC)C(=O)N(S(=O)(=O)c2ccc(OC)cc2OC)c2ccc(Cl)cc21. The van der Waals surface area contributed by atoms with Gasteiger partial charge in [-0.15, -0.1) is 0 Å². The lowest BCUT2D eigenvalue weighted by atomic mass is 9.81. The van der Waals surface area contributed by atoms with Crippen molar-refractivity contribution in [2.75, 3.05) is 46.4 Å². The molecule has 3 aromatic rings. The average molecular weight is 631 g/mol. The summed E-state index contributed by atoms with van der Waals surface area (Å²) in [5.74, 6) is -0.832. The van der Waals surface area contributed by atoms with Crippen molar-refractivity contribution in [2.45, 2.75) is 29.0 Å². The van der Waals surface area contributed by atoms with Crippen molar-refractivity contribution in [1.29, 1.82) is 0 Å². The largest absolute Gasteiger partial charge is 0.497 e. The Morgan fingerprint density at radius 2 is 1.63 bits per heavy atom. The fourth-order valence-electron chi connectivity index (χ4n) is 6.01. The molecule has 0 N–H and O–H groups in total. The third-order valence-electron chi connectivity index (χ3n) is 7.95. The maximum Gasteiger partial charge on any atom is 0.323 e. The first kappa shape index (κ1) is 30.6. The molecule has 1 fully saturated rings. The lowest BCUT2D eigenvalue weighted by Crippen LogP contribution is -2.58. The summed E-state index contributed by atoms with van der Waals surface area (Å²) in [5.41, 5.74) is -1.28. The molecule has 228 valence electrons. The Labute approximate surface area is 254 Å². The van der Waals surface area contributed by atoms with Gasteiger partial charge in [-0.05, 0) is 36.4 Å². The van der Waals surface area contributed by atoms with Gasteiger partial charge in [-0.25, -0.2) is 12.7 Å². The van der Waals surface area contributed by atoms with Crippen LogP contribution in [0.3, 0.4) is 0 Å². The summed E-state index contributed by atoms with van der Waals surface area (Å²) in [7, 11) is 2.34. The summed E-state index contributed by atoms with van der Waals surface area (Å²) >= 11 is 6.53. The molecule has 0 spiro atoms. The highest BCUT2D eigenvalue weighted by molar-refractivity contribution is 7.93. The molecule has 0 unspecified atom stereocenters. The molecule has 5 rings (SSSR count). The quantitative estimate of drug-likeness (QED) is 0.324. The summed E-state index contributed by atoms with van der Waals surface area (Å²) in [6, 6.07) is 14.5. The van der Waals surface area contributed by atoms with E-state index in [0.717, 1.165) is 4.31 Å². The van der Waals surface area contributed by atoms with Crippen molar-refractivity contribution < 1.29 is 41.7 Å². The molecule has 43 heavy (non-hydrogen) atoms. The number of anilines is 1. The van der Waals surface area contributed by atoms with Crippen LogP contribution in [0, 0.1) is 0 Å². The Morgan fingerprint density at radius 1 is 0.907 bits per heavy atom. The second-order valence-corrected chi connectivity index (χ2v) is 12.1. The maximum absolute atomic E-state index is 15.2. The molecule has 0 aromatic heterocycles. The summed E-state index contributed by atoms with van der Waals surface area (Å²) in [6.45, 7) is 0.0890. The molecule has 13 heteroatoms. The van der Waals surface area contributed by atoms with E-state index in [2.05, 4.69) is 0 Å². The third kappa shape index (κ3) is 4.69. The van der Waals surface area contributed by atoms with E-state index in [0.29, 0.717) is 17.1 Å². The molecule has 2 aliphatic rings. The van der Waals surface area contributed by atoms with Gasteiger partial charge < -0.3 is 23.7 Å². The summed E-state index contributed by atoms with van der Waals surface area (Å²) in [6.07, 6.45) is -0.277. The number of hydrogen-bond donors (Lipinski definition) is 0. The minimum absolute atomic E-state index is 0.0227. The Bertz CT molecular complexity index is 1680. The molecule has 1 saturated heterocycles. The van der Waals surface area contributed by atoms with Gasteiger partial charge >= 0.3 is 5.97 Å². The molecule has 3 atom stereocenters. The Kier molecular flexibility index (Phi) is 8.32. The van der Waals surface area contributed by atoms with Gasteiger partial charge in [0.2, 0.25) is 0 Å². The number of halogens is 1.